The van der Waals surface area contributed by atoms with E-state index >= 15 is 4.39 Å². The van der Waals surface area contributed by atoms with E-state index in [1.165, 1.54) is 24.8 Å². The van der Waals surface area contributed by atoms with Crippen molar-refractivity contribution in [2.45, 2.75) is 31.7 Å². The van der Waals surface area contributed by atoms with E-state index in [0.29, 0.717) is 39.9 Å². The Morgan fingerprint density at radius 2 is 2.05 bits per heavy atom. The number of likely N-dealkylation sites (tertiary alicyclic amines) is 1. The molecule has 2 bridgehead atoms. The minimum atomic E-state index is -0.501. The van der Waals surface area contributed by atoms with E-state index in [-0.39, 0.29) is 23.6 Å². The van der Waals surface area contributed by atoms with E-state index in [2.05, 4.69) is 31.9 Å². The smallest absolute Gasteiger partial charge is 0.246 e. The molecular weight excluding hydrogens is 511 g/mol. The topological polar surface area (TPSA) is 110 Å². The molecule has 1 aliphatic heterocycles. The molecule has 0 radical (unpaired) electrons. The Morgan fingerprint density at radius 3 is 2.90 bits per heavy atom. The molecule has 1 aromatic carbocycles. The number of amides is 1. The van der Waals surface area contributed by atoms with Gasteiger partial charge in [-0.15, -0.1) is 0 Å². The third-order valence-electron chi connectivity index (χ3n) is 7.82. The van der Waals surface area contributed by atoms with Gasteiger partial charge in [-0.2, -0.15) is 5.10 Å². The number of hydrogen-bond donors (Lipinski definition) is 1. The second-order valence-corrected chi connectivity index (χ2v) is 10.3. The molecule has 200 valence electrons. The number of fused-ring (bicyclic) bond motifs is 4. The minimum Gasteiger partial charge on any atom is -0.457 e. The summed E-state index contributed by atoms with van der Waals surface area (Å²) < 4.78 is 22.9. The summed E-state index contributed by atoms with van der Waals surface area (Å²) in [5.74, 6) is 1.34. The molecule has 0 unspecified atom stereocenters. The van der Waals surface area contributed by atoms with Crippen molar-refractivity contribution < 1.29 is 13.9 Å². The van der Waals surface area contributed by atoms with Crippen LogP contribution in [0, 0.1) is 18.7 Å². The van der Waals surface area contributed by atoms with Crippen molar-refractivity contribution in [2.75, 3.05) is 11.9 Å². The average Bonchev–Trinajstić information content (AvgIpc) is 3.71. The van der Waals surface area contributed by atoms with Gasteiger partial charge in [0, 0.05) is 42.5 Å². The maximum Gasteiger partial charge on any atom is 0.246 e. The maximum absolute atomic E-state index is 15.3. The zero-order valence-corrected chi connectivity index (χ0v) is 21.7. The number of carbonyl (C=O) groups is 1. The number of rotatable bonds is 6. The van der Waals surface area contributed by atoms with Crippen molar-refractivity contribution in [3.63, 3.8) is 0 Å². The van der Waals surface area contributed by atoms with Crippen LogP contribution in [-0.4, -0.2) is 52.9 Å². The van der Waals surface area contributed by atoms with Crippen molar-refractivity contribution in [3.8, 4) is 11.5 Å². The van der Waals surface area contributed by atoms with Crippen molar-refractivity contribution in [3.05, 3.63) is 85.0 Å². The van der Waals surface area contributed by atoms with Gasteiger partial charge < -0.3 is 15.0 Å². The normalized spacial score (nSPS) is 19.9. The van der Waals surface area contributed by atoms with Crippen LogP contribution in [0.4, 0.5) is 15.9 Å². The Morgan fingerprint density at radius 1 is 1.15 bits per heavy atom. The maximum atomic E-state index is 15.3. The number of halogens is 1. The Kier molecular flexibility index (Phi) is 5.65. The molecule has 10 nitrogen and oxygen atoms in total. The number of piperidine rings is 1. The third kappa shape index (κ3) is 4.10. The first-order valence-corrected chi connectivity index (χ1v) is 13.1. The molecule has 1 saturated heterocycles. The number of aryl methyl sites for hydroxylation is 1. The number of carbonyl (C=O) groups excluding carboxylic acids is 1. The van der Waals surface area contributed by atoms with Gasteiger partial charge in [-0.3, -0.25) is 4.79 Å². The van der Waals surface area contributed by atoms with Crippen LogP contribution in [0.5, 0.6) is 11.5 Å². The summed E-state index contributed by atoms with van der Waals surface area (Å²) in [5.41, 5.74) is 3.66. The molecule has 7 rings (SSSR count). The predicted octanol–water partition coefficient (Wildman–Crippen LogP) is 4.94. The van der Waals surface area contributed by atoms with Gasteiger partial charge in [0.25, 0.3) is 0 Å². The highest BCUT2D eigenvalue weighted by molar-refractivity contribution is 5.88. The fraction of sp³-hybridized carbons (Fsp3) is 0.241. The van der Waals surface area contributed by atoms with Crippen molar-refractivity contribution in [2.24, 2.45) is 5.92 Å². The zero-order chi connectivity index (χ0) is 27.4. The van der Waals surface area contributed by atoms with Gasteiger partial charge in [0.1, 0.15) is 35.5 Å². The van der Waals surface area contributed by atoms with E-state index < -0.39 is 5.82 Å². The molecule has 40 heavy (non-hydrogen) atoms. The zero-order valence-electron chi connectivity index (χ0n) is 21.7. The molecular formula is C29H25FN8O2. The molecule has 3 atom stereocenters. The first kappa shape index (κ1) is 24.1. The van der Waals surface area contributed by atoms with Crippen LogP contribution in [0.15, 0.2) is 67.9 Å². The number of anilines is 2. The van der Waals surface area contributed by atoms with Gasteiger partial charge in [-0.1, -0.05) is 6.58 Å². The lowest BCUT2D eigenvalue weighted by Gasteiger charge is -2.32. The van der Waals surface area contributed by atoms with Crippen LogP contribution in [0.1, 0.15) is 30.0 Å². The molecule has 5 heterocycles. The lowest BCUT2D eigenvalue weighted by molar-refractivity contribution is -0.127. The number of benzene rings is 1. The molecule has 0 spiro atoms. The molecule has 1 N–H and O–H groups in total. The van der Waals surface area contributed by atoms with E-state index in [1.54, 1.807) is 28.9 Å². The molecule has 1 aliphatic carbocycles. The fourth-order valence-corrected chi connectivity index (χ4v) is 5.95. The molecule has 5 aromatic rings. The van der Waals surface area contributed by atoms with Gasteiger partial charge in [0.05, 0.1) is 11.2 Å². The van der Waals surface area contributed by atoms with E-state index in [1.807, 2.05) is 24.0 Å². The summed E-state index contributed by atoms with van der Waals surface area (Å²) in [4.78, 5) is 32.1. The van der Waals surface area contributed by atoms with Crippen LogP contribution < -0.4 is 10.1 Å². The number of aromatic nitrogens is 6. The predicted molar refractivity (Wildman–Crippen MR) is 146 cm³/mol. The first-order valence-electron chi connectivity index (χ1n) is 13.1. The van der Waals surface area contributed by atoms with Gasteiger partial charge >= 0.3 is 0 Å². The Hall–Kier alpha value is -4.93. The second kappa shape index (κ2) is 9.37. The number of nitrogens with one attached hydrogen (secondary N) is 1. The number of pyridine rings is 2. The average molecular weight is 537 g/mol. The first-order chi connectivity index (χ1) is 19.5. The summed E-state index contributed by atoms with van der Waals surface area (Å²) in [6.07, 6.45) is 7.93. The number of hydrogen-bond acceptors (Lipinski definition) is 8. The summed E-state index contributed by atoms with van der Waals surface area (Å²) >= 11 is 0. The summed E-state index contributed by atoms with van der Waals surface area (Å²) in [6, 6.07) is 10.5. The highest BCUT2D eigenvalue weighted by atomic mass is 19.1. The van der Waals surface area contributed by atoms with Gasteiger partial charge in [-0.05, 0) is 61.6 Å². The monoisotopic (exact) mass is 536 g/mol. The van der Waals surface area contributed by atoms with E-state index in [4.69, 9.17) is 9.72 Å². The number of ether oxygens (including phenoxy) is 1. The van der Waals surface area contributed by atoms with Crippen LogP contribution >= 0.6 is 0 Å². The largest absolute Gasteiger partial charge is 0.457 e. The van der Waals surface area contributed by atoms with E-state index in [9.17, 15) is 4.79 Å². The third-order valence-corrected chi connectivity index (χ3v) is 7.82. The number of nitrogens with zero attached hydrogens (tertiary/aromatic N) is 7. The lowest BCUT2D eigenvalue weighted by Crippen LogP contribution is -2.40. The lowest BCUT2D eigenvalue weighted by atomic mass is 9.94. The summed E-state index contributed by atoms with van der Waals surface area (Å²) in [5, 5.41) is 7.18. The van der Waals surface area contributed by atoms with Crippen LogP contribution in [0.3, 0.4) is 0 Å². The molecule has 4 aromatic heterocycles. The quantitative estimate of drug-likeness (QED) is 0.304. The van der Waals surface area contributed by atoms with Crippen molar-refractivity contribution >= 4 is 34.1 Å². The minimum absolute atomic E-state index is 0.0407. The van der Waals surface area contributed by atoms with Gasteiger partial charge in [0.2, 0.25) is 5.91 Å². The molecule has 2 fully saturated rings. The summed E-state index contributed by atoms with van der Waals surface area (Å²) in [6.45, 7) is 6.26. The molecule has 1 amide bonds. The molecule has 11 heteroatoms. The van der Waals surface area contributed by atoms with Crippen LogP contribution in [0.2, 0.25) is 0 Å². The Bertz CT molecular complexity index is 1800. The van der Waals surface area contributed by atoms with Crippen LogP contribution in [0.25, 0.3) is 16.7 Å². The van der Waals surface area contributed by atoms with Gasteiger partial charge in [-0.25, -0.2) is 28.8 Å². The highest BCUT2D eigenvalue weighted by Crippen LogP contribution is 2.47. The Labute approximate surface area is 228 Å². The molecule has 2 aliphatic rings. The van der Waals surface area contributed by atoms with Crippen molar-refractivity contribution in [1.29, 1.82) is 0 Å². The van der Waals surface area contributed by atoms with Crippen molar-refractivity contribution in [1.82, 2.24) is 34.4 Å². The summed E-state index contributed by atoms with van der Waals surface area (Å²) in [7, 11) is 0. The highest BCUT2D eigenvalue weighted by Gasteiger charge is 2.47. The van der Waals surface area contributed by atoms with E-state index in [0.717, 1.165) is 30.6 Å². The SMILES string of the molecule is C=CC(=O)N1C[C@H]2C[C@@H]1[C@H](c1ccc3ncnc(Nc4cc(C)c(Oc5ccn6ncnc6c5)cc4F)c3n1)C2. The Balaban J connectivity index is 1.17. The molecule has 1 saturated carbocycles. The second-order valence-electron chi connectivity index (χ2n) is 10.3. The standard InChI is InChI=1S/C29H25FN8O2/c1-3-27(39)37-13-17-9-19(24(37)10-17)21-4-5-22-28(35-21)29(33-14-31-22)36-23-8-16(2)25(12-20(23)30)40-18-6-7-38-26(11-18)32-15-34-38/h3-8,11-12,14-15,17,19,24H,1,9-10,13H2,2H3,(H,31,33,36)/t17-,19+,24-/m1/s1. The van der Waals surface area contributed by atoms with Gasteiger partial charge in [0.15, 0.2) is 11.5 Å². The van der Waals surface area contributed by atoms with Crippen LogP contribution in [-0.2, 0) is 4.79 Å². The fourth-order valence-electron chi connectivity index (χ4n) is 5.95.